The molecule has 112 valence electrons. The highest BCUT2D eigenvalue weighted by Crippen LogP contribution is 2.28. The number of sulfonamides is 1. The molecule has 0 bridgehead atoms. The molecule has 0 saturated heterocycles. The summed E-state index contributed by atoms with van der Waals surface area (Å²) in [5.41, 5.74) is 5.68. The Hall–Kier alpha value is -1.71. The Bertz CT molecular complexity index is 812. The summed E-state index contributed by atoms with van der Waals surface area (Å²) in [5.74, 6) is -1.39. The van der Waals surface area contributed by atoms with Crippen molar-refractivity contribution < 1.29 is 17.2 Å². The molecule has 21 heavy (non-hydrogen) atoms. The van der Waals surface area contributed by atoms with Crippen LogP contribution >= 0.6 is 15.9 Å². The molecule has 0 saturated carbocycles. The predicted molar refractivity (Wildman–Crippen MR) is 79.6 cm³/mol. The van der Waals surface area contributed by atoms with E-state index >= 15 is 0 Å². The number of nitrogens with one attached hydrogen (secondary N) is 1. The Kier molecular flexibility index (Phi) is 4.17. The summed E-state index contributed by atoms with van der Waals surface area (Å²) < 4.78 is 49.7. The number of nitrogens with two attached hydrogens (primary N) is 2. The van der Waals surface area contributed by atoms with E-state index in [2.05, 4.69) is 21.2 Å². The fourth-order valence-electron chi connectivity index (χ4n) is 1.63. The van der Waals surface area contributed by atoms with Crippen molar-refractivity contribution in [2.45, 2.75) is 4.90 Å². The SMILES string of the molecule is Nc1cc(Nc2cc(F)c(Br)cc2F)cc(S(N)(=O)=O)c1. The first-order chi connectivity index (χ1) is 9.66. The molecule has 2 rings (SSSR count). The fraction of sp³-hybridized carbons (Fsp3) is 0. The number of rotatable bonds is 3. The summed E-state index contributed by atoms with van der Waals surface area (Å²) in [7, 11) is -3.96. The van der Waals surface area contributed by atoms with Gasteiger partial charge < -0.3 is 11.1 Å². The Morgan fingerprint density at radius 3 is 2.33 bits per heavy atom. The summed E-state index contributed by atoms with van der Waals surface area (Å²) in [6.07, 6.45) is 0. The zero-order valence-corrected chi connectivity index (χ0v) is 12.8. The number of benzene rings is 2. The van der Waals surface area contributed by atoms with Crippen LogP contribution in [0.5, 0.6) is 0 Å². The monoisotopic (exact) mass is 377 g/mol. The highest BCUT2D eigenvalue weighted by Gasteiger charge is 2.12. The average molecular weight is 378 g/mol. The quantitative estimate of drug-likeness (QED) is 0.565. The van der Waals surface area contributed by atoms with E-state index in [1.165, 1.54) is 18.2 Å². The molecule has 5 nitrogen and oxygen atoms in total. The van der Waals surface area contributed by atoms with Crippen molar-refractivity contribution in [3.8, 4) is 0 Å². The smallest absolute Gasteiger partial charge is 0.238 e. The van der Waals surface area contributed by atoms with Gasteiger partial charge in [0, 0.05) is 17.4 Å². The van der Waals surface area contributed by atoms with Gasteiger partial charge in [0.15, 0.2) is 0 Å². The minimum absolute atomic E-state index is 0.0247. The molecule has 9 heteroatoms. The van der Waals surface area contributed by atoms with E-state index in [1.54, 1.807) is 0 Å². The third kappa shape index (κ3) is 3.69. The summed E-state index contributed by atoms with van der Waals surface area (Å²) in [5, 5.41) is 7.57. The summed E-state index contributed by atoms with van der Waals surface area (Å²) in [4.78, 5) is -0.233. The first kappa shape index (κ1) is 15.7. The van der Waals surface area contributed by atoms with Gasteiger partial charge in [0.2, 0.25) is 10.0 Å². The Morgan fingerprint density at radius 1 is 1.05 bits per heavy atom. The van der Waals surface area contributed by atoms with E-state index in [1.807, 2.05) is 0 Å². The fourth-order valence-corrected chi connectivity index (χ4v) is 2.54. The van der Waals surface area contributed by atoms with Crippen molar-refractivity contribution in [3.63, 3.8) is 0 Å². The molecule has 0 aliphatic rings. The molecule has 0 amide bonds. The second-order valence-corrected chi connectivity index (χ2v) is 6.62. The number of anilines is 3. The average Bonchev–Trinajstić information content (AvgIpc) is 2.34. The molecule has 0 atom stereocenters. The van der Waals surface area contributed by atoms with Gasteiger partial charge in [-0.05, 0) is 40.2 Å². The molecule has 0 unspecified atom stereocenters. The topological polar surface area (TPSA) is 98.2 Å². The van der Waals surface area contributed by atoms with E-state index in [-0.39, 0.29) is 26.4 Å². The van der Waals surface area contributed by atoms with Gasteiger partial charge in [-0.1, -0.05) is 0 Å². The second kappa shape index (κ2) is 5.58. The van der Waals surface area contributed by atoms with E-state index in [0.29, 0.717) is 0 Å². The standard InChI is InChI=1S/C12H10BrF2N3O2S/c13-9-4-11(15)12(5-10(9)14)18-7-1-6(16)2-8(3-7)21(17,19)20/h1-5,18H,16H2,(H2,17,19,20). The largest absolute Gasteiger partial charge is 0.399 e. The second-order valence-electron chi connectivity index (χ2n) is 4.21. The van der Waals surface area contributed by atoms with Gasteiger partial charge in [-0.15, -0.1) is 0 Å². The molecule has 5 N–H and O–H groups in total. The van der Waals surface area contributed by atoms with Crippen LogP contribution in [-0.4, -0.2) is 8.42 Å². The van der Waals surface area contributed by atoms with E-state index in [0.717, 1.165) is 12.1 Å². The van der Waals surface area contributed by atoms with Crippen LogP contribution in [0.15, 0.2) is 39.7 Å². The van der Waals surface area contributed by atoms with E-state index in [4.69, 9.17) is 10.9 Å². The lowest BCUT2D eigenvalue weighted by atomic mass is 10.2. The maximum absolute atomic E-state index is 13.7. The molecule has 0 aliphatic heterocycles. The summed E-state index contributed by atoms with van der Waals surface area (Å²) in [6.45, 7) is 0. The van der Waals surface area contributed by atoms with Gasteiger partial charge in [0.1, 0.15) is 11.6 Å². The molecule has 0 aromatic heterocycles. The highest BCUT2D eigenvalue weighted by atomic mass is 79.9. The number of hydrogen-bond donors (Lipinski definition) is 3. The molecular formula is C12H10BrF2N3O2S. The van der Waals surface area contributed by atoms with Crippen LogP contribution in [0.1, 0.15) is 0 Å². The summed E-state index contributed by atoms with van der Waals surface area (Å²) in [6, 6.07) is 5.59. The number of hydrogen-bond acceptors (Lipinski definition) is 4. The minimum atomic E-state index is -3.96. The van der Waals surface area contributed by atoms with Gasteiger partial charge in [0.05, 0.1) is 15.1 Å². The maximum atomic E-state index is 13.7. The van der Waals surface area contributed by atoms with Crippen molar-refractivity contribution in [3.05, 3.63) is 46.4 Å². The van der Waals surface area contributed by atoms with Gasteiger partial charge in [-0.2, -0.15) is 0 Å². The number of halogens is 3. The van der Waals surface area contributed by atoms with Crippen LogP contribution in [0, 0.1) is 11.6 Å². The molecular weight excluding hydrogens is 368 g/mol. The first-order valence-corrected chi connectivity index (χ1v) is 7.85. The first-order valence-electron chi connectivity index (χ1n) is 5.52. The maximum Gasteiger partial charge on any atom is 0.238 e. The zero-order valence-electron chi connectivity index (χ0n) is 10.4. The van der Waals surface area contributed by atoms with Crippen molar-refractivity contribution >= 4 is 43.0 Å². The van der Waals surface area contributed by atoms with Gasteiger partial charge in [0.25, 0.3) is 0 Å². The summed E-state index contributed by atoms with van der Waals surface area (Å²) >= 11 is 2.86. The van der Waals surface area contributed by atoms with Crippen molar-refractivity contribution in [2.24, 2.45) is 5.14 Å². The van der Waals surface area contributed by atoms with Gasteiger partial charge in [-0.3, -0.25) is 0 Å². The number of nitrogen functional groups attached to an aromatic ring is 1. The normalized spacial score (nSPS) is 11.4. The van der Waals surface area contributed by atoms with Crippen LogP contribution in [-0.2, 0) is 10.0 Å². The lowest BCUT2D eigenvalue weighted by molar-refractivity contribution is 0.597. The highest BCUT2D eigenvalue weighted by molar-refractivity contribution is 9.10. The zero-order chi connectivity index (χ0) is 15.8. The van der Waals surface area contributed by atoms with Crippen LogP contribution in [0.3, 0.4) is 0 Å². The van der Waals surface area contributed by atoms with Crippen molar-refractivity contribution in [2.75, 3.05) is 11.1 Å². The minimum Gasteiger partial charge on any atom is -0.399 e. The van der Waals surface area contributed by atoms with Crippen molar-refractivity contribution in [1.29, 1.82) is 0 Å². The van der Waals surface area contributed by atoms with E-state index < -0.39 is 21.7 Å². The van der Waals surface area contributed by atoms with Crippen LogP contribution in [0.2, 0.25) is 0 Å². The van der Waals surface area contributed by atoms with E-state index in [9.17, 15) is 17.2 Å². The third-order valence-corrected chi connectivity index (χ3v) is 4.05. The molecule has 0 aliphatic carbocycles. The lowest BCUT2D eigenvalue weighted by Crippen LogP contribution is -2.13. The number of primary sulfonamides is 1. The third-order valence-electron chi connectivity index (χ3n) is 2.55. The van der Waals surface area contributed by atoms with Crippen molar-refractivity contribution in [1.82, 2.24) is 0 Å². The molecule has 0 radical (unpaired) electrons. The van der Waals surface area contributed by atoms with Crippen LogP contribution < -0.4 is 16.2 Å². The predicted octanol–water partition coefficient (Wildman–Crippen LogP) is 2.70. The van der Waals surface area contributed by atoms with Gasteiger partial charge in [-0.25, -0.2) is 22.3 Å². The molecule has 0 heterocycles. The molecule has 2 aromatic carbocycles. The Balaban J connectivity index is 2.45. The van der Waals surface area contributed by atoms with Gasteiger partial charge >= 0.3 is 0 Å². The Morgan fingerprint density at radius 2 is 1.71 bits per heavy atom. The van der Waals surface area contributed by atoms with Crippen LogP contribution in [0.4, 0.5) is 25.8 Å². The molecule has 0 fully saturated rings. The molecule has 0 spiro atoms. The molecule has 2 aromatic rings. The van der Waals surface area contributed by atoms with Crippen LogP contribution in [0.25, 0.3) is 0 Å². The lowest BCUT2D eigenvalue weighted by Gasteiger charge is -2.11. The Labute approximate surface area is 128 Å².